The van der Waals surface area contributed by atoms with Gasteiger partial charge in [-0.1, -0.05) is 104 Å². The van der Waals surface area contributed by atoms with Gasteiger partial charge in [-0.15, -0.1) is 0 Å². The highest BCUT2D eigenvalue weighted by atomic mass is 16.4. The average Bonchev–Trinajstić information content (AvgIpc) is 3.16. The van der Waals surface area contributed by atoms with Crippen LogP contribution in [-0.4, -0.2) is 196 Å². The molecule has 0 unspecified atom stereocenters. The minimum Gasteiger partial charge on any atom is -0.480 e. The zero-order chi connectivity index (χ0) is 42.0. The number of aliphatic hydroxyl groups excluding tert-OH is 3. The van der Waals surface area contributed by atoms with Crippen LogP contribution in [0, 0.1) is 0 Å². The van der Waals surface area contributed by atoms with Crippen molar-refractivity contribution >= 4 is 23.8 Å². The maximum absolute atomic E-state index is 13.8. The number of rotatable bonds is 29. The van der Waals surface area contributed by atoms with E-state index in [0.717, 1.165) is 38.8 Å². The van der Waals surface area contributed by atoms with Crippen molar-refractivity contribution < 1.29 is 49.8 Å². The quantitative estimate of drug-likeness (QED) is 0.0538. The number of carboxylic acid groups (broad SMARTS) is 3. The summed E-state index contributed by atoms with van der Waals surface area (Å²) in [7, 11) is 0. The lowest BCUT2D eigenvalue weighted by Gasteiger charge is -2.33. The average molecular weight is 805 g/mol. The van der Waals surface area contributed by atoms with Gasteiger partial charge in [-0.25, -0.2) is 0 Å². The van der Waals surface area contributed by atoms with Crippen molar-refractivity contribution in [2.24, 2.45) is 5.73 Å². The molecule has 330 valence electrons. The predicted octanol–water partition coefficient (Wildman–Crippen LogP) is 2.23. The predicted molar refractivity (Wildman–Crippen MR) is 219 cm³/mol. The lowest BCUT2D eigenvalue weighted by Crippen LogP contribution is -2.50. The first-order chi connectivity index (χ1) is 26.8. The van der Waals surface area contributed by atoms with Gasteiger partial charge in [-0.05, 0) is 12.8 Å². The van der Waals surface area contributed by atoms with Crippen molar-refractivity contribution in [3.8, 4) is 0 Å². The van der Waals surface area contributed by atoms with E-state index in [1.165, 1.54) is 77.0 Å². The Bertz CT molecular complexity index is 962. The van der Waals surface area contributed by atoms with Crippen LogP contribution >= 0.6 is 0 Å². The molecule has 1 amide bonds. The van der Waals surface area contributed by atoms with Crippen LogP contribution in [-0.2, 0) is 19.2 Å². The normalized spacial score (nSPS) is 15.7. The van der Waals surface area contributed by atoms with E-state index in [0.29, 0.717) is 52.4 Å². The Morgan fingerprint density at radius 3 is 0.946 bits per heavy atom. The summed E-state index contributed by atoms with van der Waals surface area (Å²) in [5, 5.41) is 53.5. The lowest BCUT2D eigenvalue weighted by atomic mass is 10.1. The fourth-order valence-electron chi connectivity index (χ4n) is 6.46. The van der Waals surface area contributed by atoms with Crippen molar-refractivity contribution in [1.82, 2.24) is 24.5 Å². The highest BCUT2D eigenvalue weighted by molar-refractivity contribution is 5.78. The van der Waals surface area contributed by atoms with Crippen molar-refractivity contribution in [3.63, 3.8) is 0 Å². The minimum absolute atomic E-state index is 0.0789. The van der Waals surface area contributed by atoms with Gasteiger partial charge in [0.1, 0.15) is 0 Å². The van der Waals surface area contributed by atoms with E-state index < -0.39 is 43.3 Å². The van der Waals surface area contributed by atoms with Gasteiger partial charge in [0.05, 0.1) is 51.5 Å². The van der Waals surface area contributed by atoms with Gasteiger partial charge >= 0.3 is 17.9 Å². The summed E-state index contributed by atoms with van der Waals surface area (Å²) in [4.78, 5) is 57.9. The van der Waals surface area contributed by atoms with Crippen molar-refractivity contribution in [3.05, 3.63) is 0 Å². The topological polar surface area (TPSA) is 232 Å². The van der Waals surface area contributed by atoms with Gasteiger partial charge in [-0.3, -0.25) is 38.8 Å². The zero-order valence-electron chi connectivity index (χ0n) is 35.0. The molecule has 16 heteroatoms. The van der Waals surface area contributed by atoms with Crippen molar-refractivity contribution in [2.45, 2.75) is 122 Å². The van der Waals surface area contributed by atoms with Crippen LogP contribution in [0.25, 0.3) is 0 Å². The number of unbranched alkanes of at least 4 members (excludes halogenated alkanes) is 14. The number of hydrogen-bond acceptors (Lipinski definition) is 12. The fraction of sp³-hybridized carbons (Fsp3) is 0.900. The summed E-state index contributed by atoms with van der Waals surface area (Å²) in [5.41, 5.74) is 3.94. The third-order valence-electron chi connectivity index (χ3n) is 10.2. The molecule has 0 bridgehead atoms. The number of carbonyl (C=O) groups is 4. The van der Waals surface area contributed by atoms with Crippen LogP contribution in [0.3, 0.4) is 0 Å². The molecule has 1 aliphatic heterocycles. The maximum Gasteiger partial charge on any atom is 0.317 e. The number of nitrogens with two attached hydrogens (primary N) is 1. The highest BCUT2D eigenvalue weighted by Crippen LogP contribution is 2.12. The summed E-state index contributed by atoms with van der Waals surface area (Å²) < 4.78 is 0. The Kier molecular flexibility index (Phi) is 33.1. The van der Waals surface area contributed by atoms with Crippen molar-refractivity contribution in [1.29, 1.82) is 0 Å². The zero-order valence-corrected chi connectivity index (χ0v) is 35.0. The summed E-state index contributed by atoms with van der Waals surface area (Å²) >= 11 is 0. The van der Waals surface area contributed by atoms with Crippen LogP contribution in [0.15, 0.2) is 0 Å². The first-order valence-electron chi connectivity index (χ1n) is 21.3. The number of aliphatic hydroxyl groups is 3. The van der Waals surface area contributed by atoms with Crippen LogP contribution in [0.2, 0.25) is 0 Å². The Morgan fingerprint density at radius 2 is 0.714 bits per heavy atom. The second kappa shape index (κ2) is 34.6. The first kappa shape index (κ1) is 53.6. The van der Waals surface area contributed by atoms with Crippen LogP contribution in [0.1, 0.15) is 117 Å². The first-order valence-corrected chi connectivity index (χ1v) is 21.3. The monoisotopic (exact) mass is 805 g/mol. The Hall–Kier alpha value is -2.44. The number of amides is 1. The number of aliphatic carboxylic acids is 3. The number of hydrogen-bond donors (Lipinski definition) is 7. The molecule has 56 heavy (non-hydrogen) atoms. The highest BCUT2D eigenvalue weighted by Gasteiger charge is 2.23. The smallest absolute Gasteiger partial charge is 0.317 e. The van der Waals surface area contributed by atoms with E-state index in [4.69, 9.17) is 21.1 Å². The van der Waals surface area contributed by atoms with Crippen molar-refractivity contribution in [2.75, 3.05) is 111 Å². The Labute approximate surface area is 337 Å². The van der Waals surface area contributed by atoms with Gasteiger partial charge in [0, 0.05) is 65.4 Å². The molecule has 1 saturated heterocycles. The Morgan fingerprint density at radius 1 is 0.464 bits per heavy atom. The van der Waals surface area contributed by atoms with E-state index >= 15 is 0 Å². The lowest BCUT2D eigenvalue weighted by molar-refractivity contribution is -0.140. The van der Waals surface area contributed by atoms with Crippen LogP contribution in [0.5, 0.6) is 0 Å². The molecule has 8 N–H and O–H groups in total. The van der Waals surface area contributed by atoms with Gasteiger partial charge < -0.3 is 41.3 Å². The largest absolute Gasteiger partial charge is 0.480 e. The van der Waals surface area contributed by atoms with Gasteiger partial charge in [0.25, 0.3) is 0 Å². The maximum atomic E-state index is 13.8. The molecule has 1 aliphatic rings. The van der Waals surface area contributed by atoms with E-state index in [-0.39, 0.29) is 32.1 Å². The summed E-state index contributed by atoms with van der Waals surface area (Å²) in [6, 6.07) is 0. The van der Waals surface area contributed by atoms with E-state index in [1.807, 2.05) is 9.80 Å². The number of carbonyl (C=O) groups excluding carboxylic acids is 1. The second-order valence-electron chi connectivity index (χ2n) is 15.5. The molecular formula is C40H80N6O10. The minimum atomic E-state index is -1.21. The number of carboxylic acids is 3. The summed E-state index contributed by atoms with van der Waals surface area (Å²) in [6.07, 6.45) is 19.3. The van der Waals surface area contributed by atoms with Crippen LogP contribution in [0.4, 0.5) is 0 Å². The molecule has 0 aromatic rings. The molecular weight excluding hydrogens is 724 g/mol. The Balaban J connectivity index is 0.00000338. The molecule has 0 saturated carbocycles. The van der Waals surface area contributed by atoms with Gasteiger partial charge in [-0.2, -0.15) is 0 Å². The molecule has 0 aliphatic carbocycles. The van der Waals surface area contributed by atoms with Gasteiger partial charge in [0.15, 0.2) is 0 Å². The summed E-state index contributed by atoms with van der Waals surface area (Å²) in [5.74, 6) is -2.81. The molecule has 16 nitrogen and oxygen atoms in total. The SMILES string of the molecule is CCCCCCCCCCN(CCCCCCCCCC)C(=O)CN1CCN(CC(=O)O)CCN(CC(=O)O)CCN(CC(=O)O)CC1.NC(CO)(CO)CO. The van der Waals surface area contributed by atoms with E-state index in [9.17, 15) is 34.5 Å². The molecule has 0 spiro atoms. The molecule has 1 heterocycles. The molecule has 1 rings (SSSR count). The van der Waals surface area contributed by atoms with E-state index in [2.05, 4.69) is 13.8 Å². The number of nitrogens with zero attached hydrogens (tertiary/aromatic N) is 5. The third kappa shape index (κ3) is 29.8. The molecule has 0 aromatic heterocycles. The van der Waals surface area contributed by atoms with E-state index in [1.54, 1.807) is 14.7 Å². The second-order valence-corrected chi connectivity index (χ2v) is 15.5. The molecule has 0 aromatic carbocycles. The van der Waals surface area contributed by atoms with Crippen LogP contribution < -0.4 is 5.73 Å². The molecule has 1 fully saturated rings. The fourth-order valence-corrected chi connectivity index (χ4v) is 6.46. The molecule has 0 atom stereocenters. The summed E-state index contributed by atoms with van der Waals surface area (Å²) in [6.45, 7) is 7.59. The van der Waals surface area contributed by atoms with Gasteiger partial charge in [0.2, 0.25) is 5.91 Å². The molecule has 0 radical (unpaired) electrons. The third-order valence-corrected chi connectivity index (χ3v) is 10.2. The standard InChI is InChI=1S/C36H69N5O7.C4H11NO3/c1-3-5-7-9-11-13-15-17-19-41(20-18-16-14-12-10-8-6-4-2)33(42)29-37-21-23-38(30-34(43)44)25-27-40(32-36(47)48)28-26-39(24-22-37)31-35(45)46;5-4(1-6,2-7)3-8/h3-32H2,1-2H3,(H,43,44)(H,45,46)(H,47,48);6-8H,1-3,5H2.